The molecule has 1 fully saturated rings. The highest BCUT2D eigenvalue weighted by atomic mass is 15.1. The molecule has 2 heterocycles. The summed E-state index contributed by atoms with van der Waals surface area (Å²) in [6, 6.07) is 6.42. The highest BCUT2D eigenvalue weighted by molar-refractivity contribution is 5.84. The van der Waals surface area contributed by atoms with E-state index in [1.54, 1.807) is 0 Å². The van der Waals surface area contributed by atoms with Gasteiger partial charge in [-0.15, -0.1) is 0 Å². The first kappa shape index (κ1) is 9.73. The molecule has 0 radical (unpaired) electrons. The Morgan fingerprint density at radius 3 is 3.06 bits per heavy atom. The molecule has 1 atom stereocenters. The Morgan fingerprint density at radius 1 is 1.25 bits per heavy atom. The van der Waals surface area contributed by atoms with E-state index < -0.39 is 0 Å². The molecule has 1 aromatic heterocycles. The first-order valence-corrected chi connectivity index (χ1v) is 5.82. The molecule has 0 amide bonds. The van der Waals surface area contributed by atoms with Gasteiger partial charge in [-0.3, -0.25) is 0 Å². The second-order valence-corrected chi connectivity index (χ2v) is 4.47. The van der Waals surface area contributed by atoms with Gasteiger partial charge in [0.05, 0.1) is 12.4 Å². The van der Waals surface area contributed by atoms with E-state index in [0.29, 0.717) is 0 Å². The Bertz CT molecular complexity index is 484. The number of nitrogens with zero attached hydrogens (tertiary/aromatic N) is 2. The molecule has 1 aliphatic rings. The van der Waals surface area contributed by atoms with E-state index in [1.807, 2.05) is 12.4 Å². The summed E-state index contributed by atoms with van der Waals surface area (Å²) in [6.07, 6.45) is 6.16. The minimum absolute atomic E-state index is 0.777. The zero-order valence-corrected chi connectivity index (χ0v) is 9.19. The summed E-state index contributed by atoms with van der Waals surface area (Å²) in [6.45, 7) is 2.31. The van der Waals surface area contributed by atoms with E-state index in [1.165, 1.54) is 22.8 Å². The molecule has 3 nitrogen and oxygen atoms in total. The second kappa shape index (κ2) is 4.18. The Balaban J connectivity index is 1.96. The third kappa shape index (κ3) is 1.78. The number of nitrogens with one attached hydrogen (secondary N) is 1. The molecule has 3 heteroatoms. The molecule has 1 aliphatic heterocycles. The van der Waals surface area contributed by atoms with Crippen LogP contribution in [0.4, 0.5) is 0 Å². The van der Waals surface area contributed by atoms with Gasteiger partial charge >= 0.3 is 0 Å². The summed E-state index contributed by atoms with van der Waals surface area (Å²) in [5.41, 5.74) is 1.40. The number of rotatable bonds is 2. The summed E-state index contributed by atoms with van der Waals surface area (Å²) in [7, 11) is 0. The van der Waals surface area contributed by atoms with Gasteiger partial charge in [0.2, 0.25) is 0 Å². The molecule has 2 aromatic rings. The number of hydrogen-bond donors (Lipinski definition) is 1. The molecule has 0 spiro atoms. The fourth-order valence-electron chi connectivity index (χ4n) is 2.47. The van der Waals surface area contributed by atoms with Crippen molar-refractivity contribution in [1.82, 2.24) is 15.5 Å². The summed E-state index contributed by atoms with van der Waals surface area (Å²) in [5, 5.41) is 13.8. The zero-order chi connectivity index (χ0) is 10.8. The average molecular weight is 213 g/mol. The largest absolute Gasteiger partial charge is 0.316 e. The van der Waals surface area contributed by atoms with Crippen molar-refractivity contribution in [2.24, 2.45) is 5.92 Å². The maximum absolute atomic E-state index is 3.98. The van der Waals surface area contributed by atoms with E-state index in [0.717, 1.165) is 25.4 Å². The lowest BCUT2D eigenvalue weighted by atomic mass is 9.95. The first-order valence-electron chi connectivity index (χ1n) is 5.82. The number of fused-ring (bicyclic) bond motifs is 1. The number of hydrogen-bond acceptors (Lipinski definition) is 3. The fraction of sp³-hybridized carbons (Fsp3) is 0.385. The summed E-state index contributed by atoms with van der Waals surface area (Å²) >= 11 is 0. The summed E-state index contributed by atoms with van der Waals surface area (Å²) < 4.78 is 0. The summed E-state index contributed by atoms with van der Waals surface area (Å²) in [4.78, 5) is 0. The van der Waals surface area contributed by atoms with Crippen LogP contribution in [0.5, 0.6) is 0 Å². The van der Waals surface area contributed by atoms with Crippen LogP contribution in [0.15, 0.2) is 30.6 Å². The Hall–Kier alpha value is -1.48. The molecule has 0 saturated carbocycles. The Labute approximate surface area is 94.9 Å². The molecule has 1 aromatic carbocycles. The molecule has 16 heavy (non-hydrogen) atoms. The molecule has 82 valence electrons. The third-order valence-corrected chi connectivity index (χ3v) is 3.35. The van der Waals surface area contributed by atoms with Crippen molar-refractivity contribution in [3.63, 3.8) is 0 Å². The lowest BCUT2D eigenvalue weighted by molar-refractivity contribution is 0.582. The molecule has 1 unspecified atom stereocenters. The quantitative estimate of drug-likeness (QED) is 0.826. The first-order chi connectivity index (χ1) is 7.93. The van der Waals surface area contributed by atoms with Crippen molar-refractivity contribution >= 4 is 10.8 Å². The van der Waals surface area contributed by atoms with E-state index in [-0.39, 0.29) is 0 Å². The Morgan fingerprint density at radius 2 is 2.19 bits per heavy atom. The third-order valence-electron chi connectivity index (χ3n) is 3.35. The van der Waals surface area contributed by atoms with E-state index in [2.05, 4.69) is 33.7 Å². The predicted molar refractivity (Wildman–Crippen MR) is 64.2 cm³/mol. The molecule has 0 aliphatic carbocycles. The van der Waals surface area contributed by atoms with Gasteiger partial charge in [0, 0.05) is 10.8 Å². The van der Waals surface area contributed by atoms with Gasteiger partial charge in [-0.2, -0.15) is 10.2 Å². The fourth-order valence-corrected chi connectivity index (χ4v) is 2.47. The lowest BCUT2D eigenvalue weighted by Crippen LogP contribution is -2.10. The van der Waals surface area contributed by atoms with Gasteiger partial charge in [0.15, 0.2) is 0 Å². The second-order valence-electron chi connectivity index (χ2n) is 4.47. The minimum atomic E-state index is 0.777. The van der Waals surface area contributed by atoms with Gasteiger partial charge in [-0.1, -0.05) is 18.2 Å². The maximum Gasteiger partial charge on any atom is 0.0577 e. The Kier molecular flexibility index (Phi) is 2.54. The number of aromatic nitrogens is 2. The van der Waals surface area contributed by atoms with Gasteiger partial charge in [-0.25, -0.2) is 0 Å². The predicted octanol–water partition coefficient (Wildman–Crippen LogP) is 1.78. The van der Waals surface area contributed by atoms with Crippen LogP contribution in [0, 0.1) is 5.92 Å². The maximum atomic E-state index is 3.98. The van der Waals surface area contributed by atoms with Crippen LogP contribution in [0.1, 0.15) is 12.0 Å². The highest BCUT2D eigenvalue weighted by Gasteiger charge is 2.15. The van der Waals surface area contributed by atoms with Crippen molar-refractivity contribution in [1.29, 1.82) is 0 Å². The van der Waals surface area contributed by atoms with Crippen molar-refractivity contribution < 1.29 is 0 Å². The minimum Gasteiger partial charge on any atom is -0.316 e. The topological polar surface area (TPSA) is 37.8 Å². The molecular weight excluding hydrogens is 198 g/mol. The summed E-state index contributed by atoms with van der Waals surface area (Å²) in [5.74, 6) is 0.777. The van der Waals surface area contributed by atoms with Crippen LogP contribution >= 0.6 is 0 Å². The van der Waals surface area contributed by atoms with Gasteiger partial charge in [0.25, 0.3) is 0 Å². The van der Waals surface area contributed by atoms with E-state index in [4.69, 9.17) is 0 Å². The normalized spacial score (nSPS) is 20.4. The number of benzene rings is 1. The van der Waals surface area contributed by atoms with Crippen LogP contribution in [0.3, 0.4) is 0 Å². The smallest absolute Gasteiger partial charge is 0.0577 e. The van der Waals surface area contributed by atoms with Gasteiger partial charge in [-0.05, 0) is 37.4 Å². The molecular formula is C13H15N3. The average Bonchev–Trinajstić information content (AvgIpc) is 2.82. The van der Waals surface area contributed by atoms with Crippen LogP contribution in [-0.4, -0.2) is 23.3 Å². The van der Waals surface area contributed by atoms with Crippen molar-refractivity contribution in [2.75, 3.05) is 13.1 Å². The van der Waals surface area contributed by atoms with Crippen LogP contribution < -0.4 is 5.32 Å². The van der Waals surface area contributed by atoms with Crippen molar-refractivity contribution in [3.05, 3.63) is 36.2 Å². The van der Waals surface area contributed by atoms with Crippen LogP contribution in [0.25, 0.3) is 10.8 Å². The molecule has 1 saturated heterocycles. The van der Waals surface area contributed by atoms with Crippen molar-refractivity contribution in [3.8, 4) is 0 Å². The molecule has 0 bridgehead atoms. The zero-order valence-electron chi connectivity index (χ0n) is 9.19. The molecule has 1 N–H and O–H groups in total. The van der Waals surface area contributed by atoms with Crippen LogP contribution in [0.2, 0.25) is 0 Å². The highest BCUT2D eigenvalue weighted by Crippen LogP contribution is 2.22. The lowest BCUT2D eigenvalue weighted by Gasteiger charge is -2.10. The van der Waals surface area contributed by atoms with Crippen molar-refractivity contribution in [2.45, 2.75) is 12.8 Å². The van der Waals surface area contributed by atoms with E-state index >= 15 is 0 Å². The monoisotopic (exact) mass is 213 g/mol. The van der Waals surface area contributed by atoms with Gasteiger partial charge < -0.3 is 5.32 Å². The van der Waals surface area contributed by atoms with Gasteiger partial charge in [0.1, 0.15) is 0 Å². The standard InChI is InChI=1S/C13H15N3/c1-2-11(6-10-4-5-14-7-10)13-9-16-15-8-12(13)3-1/h1-3,8-10,14H,4-7H2. The molecule has 3 rings (SSSR count). The SMILES string of the molecule is c1cc(CC2CCNC2)c2cnncc2c1. The van der Waals surface area contributed by atoms with Crippen LogP contribution in [-0.2, 0) is 6.42 Å². The van der Waals surface area contributed by atoms with E-state index in [9.17, 15) is 0 Å².